The fourth-order valence-corrected chi connectivity index (χ4v) is 1.84. The van der Waals surface area contributed by atoms with Gasteiger partial charge >= 0.3 is 12.1 Å². The van der Waals surface area contributed by atoms with Gasteiger partial charge in [0.25, 0.3) is 0 Å². The summed E-state index contributed by atoms with van der Waals surface area (Å²) in [6.07, 6.45) is 6.44. The fourth-order valence-electron chi connectivity index (χ4n) is 1.84. The second kappa shape index (κ2) is 5.71. The molecule has 0 radical (unpaired) electrons. The zero-order chi connectivity index (χ0) is 13.8. The van der Waals surface area contributed by atoms with Crippen molar-refractivity contribution in [2.45, 2.75) is 26.8 Å². The molecule has 0 bridgehead atoms. The minimum absolute atomic E-state index is 0.290. The van der Waals surface area contributed by atoms with E-state index in [1.165, 1.54) is 12.0 Å². The third-order valence-electron chi connectivity index (χ3n) is 2.88. The van der Waals surface area contributed by atoms with E-state index in [-0.39, 0.29) is 12.6 Å². The van der Waals surface area contributed by atoms with E-state index in [1.807, 2.05) is 0 Å². The summed E-state index contributed by atoms with van der Waals surface area (Å²) in [7, 11) is 1.33. The van der Waals surface area contributed by atoms with Gasteiger partial charge in [0.15, 0.2) is 0 Å². The molecule has 0 saturated carbocycles. The van der Waals surface area contributed by atoms with Crippen LogP contribution in [0.5, 0.6) is 0 Å². The van der Waals surface area contributed by atoms with E-state index in [0.717, 1.165) is 0 Å². The van der Waals surface area contributed by atoms with Crippen molar-refractivity contribution in [1.82, 2.24) is 4.90 Å². The van der Waals surface area contributed by atoms with Gasteiger partial charge in [-0.3, -0.25) is 9.69 Å². The predicted octanol–water partition coefficient (Wildman–Crippen LogP) is 2.10. The Kier molecular flexibility index (Phi) is 4.53. The fraction of sp³-hybridized carbons (Fsp3) is 0.538. The second-order valence-corrected chi connectivity index (χ2v) is 4.49. The molecule has 0 saturated heterocycles. The Balaban J connectivity index is 2.97. The highest BCUT2D eigenvalue weighted by Crippen LogP contribution is 2.30. The van der Waals surface area contributed by atoms with E-state index >= 15 is 0 Å². The molecule has 1 unspecified atom stereocenters. The smallest absolute Gasteiger partial charge is 0.414 e. The molecule has 5 nitrogen and oxygen atoms in total. The van der Waals surface area contributed by atoms with E-state index < -0.39 is 17.6 Å². The summed E-state index contributed by atoms with van der Waals surface area (Å²) in [6.45, 7) is 5.50. The van der Waals surface area contributed by atoms with Gasteiger partial charge in [0.05, 0.1) is 25.2 Å². The molecule has 100 valence electrons. The number of allylic oxidation sites excluding steroid dienone is 2. The molecule has 1 rings (SSSR count). The average molecular weight is 253 g/mol. The van der Waals surface area contributed by atoms with Crippen LogP contribution in [0.25, 0.3) is 0 Å². The molecule has 1 aliphatic rings. The third-order valence-corrected chi connectivity index (χ3v) is 2.88. The maximum Gasteiger partial charge on any atom is 0.414 e. The number of hydrogen-bond donors (Lipinski definition) is 0. The van der Waals surface area contributed by atoms with Crippen molar-refractivity contribution < 1.29 is 19.1 Å². The van der Waals surface area contributed by atoms with Gasteiger partial charge in [-0.15, -0.1) is 0 Å². The van der Waals surface area contributed by atoms with E-state index in [0.29, 0.717) is 0 Å². The molecule has 1 heterocycles. The average Bonchev–Trinajstić information content (AvgIpc) is 2.38. The number of amides is 1. The molecular weight excluding hydrogens is 234 g/mol. The molecular formula is C13H19NO4. The molecule has 0 aromatic rings. The highest BCUT2D eigenvalue weighted by atomic mass is 16.6. The van der Waals surface area contributed by atoms with Crippen LogP contribution in [0.2, 0.25) is 0 Å². The van der Waals surface area contributed by atoms with Gasteiger partial charge in [-0.2, -0.15) is 0 Å². The molecule has 0 aromatic heterocycles. The summed E-state index contributed by atoms with van der Waals surface area (Å²) in [5.74, 6) is -0.373. The van der Waals surface area contributed by atoms with Crippen LogP contribution in [0.15, 0.2) is 24.4 Å². The number of hydrogen-bond acceptors (Lipinski definition) is 4. The van der Waals surface area contributed by atoms with Gasteiger partial charge in [-0.05, 0) is 26.8 Å². The predicted molar refractivity (Wildman–Crippen MR) is 66.7 cm³/mol. The van der Waals surface area contributed by atoms with E-state index in [9.17, 15) is 9.59 Å². The summed E-state index contributed by atoms with van der Waals surface area (Å²) in [6, 6.07) is -0.422. The molecule has 0 spiro atoms. The van der Waals surface area contributed by atoms with Gasteiger partial charge in [-0.1, -0.05) is 12.2 Å². The molecule has 0 fully saturated rings. The monoisotopic (exact) mass is 253 g/mol. The van der Waals surface area contributed by atoms with Crippen molar-refractivity contribution in [3.05, 3.63) is 24.4 Å². The lowest BCUT2D eigenvalue weighted by Gasteiger charge is -2.37. The Morgan fingerprint density at radius 3 is 2.56 bits per heavy atom. The number of methoxy groups -OCH3 is 1. The van der Waals surface area contributed by atoms with Crippen LogP contribution < -0.4 is 0 Å². The van der Waals surface area contributed by atoms with Gasteiger partial charge in [0, 0.05) is 6.20 Å². The molecule has 0 aliphatic carbocycles. The van der Waals surface area contributed by atoms with Crippen LogP contribution in [0.3, 0.4) is 0 Å². The molecule has 0 aromatic carbocycles. The van der Waals surface area contributed by atoms with Crippen LogP contribution in [0, 0.1) is 5.41 Å². The quantitative estimate of drug-likeness (QED) is 0.723. The first-order chi connectivity index (χ1) is 8.45. The van der Waals surface area contributed by atoms with Crippen LogP contribution >= 0.6 is 0 Å². The number of nitrogens with zero attached hydrogens (tertiary/aromatic N) is 1. The maximum absolute atomic E-state index is 11.8. The van der Waals surface area contributed by atoms with Crippen LogP contribution in [0.4, 0.5) is 4.79 Å². The van der Waals surface area contributed by atoms with Gasteiger partial charge in [0.1, 0.15) is 0 Å². The first kappa shape index (κ1) is 14.3. The number of rotatable bonds is 3. The van der Waals surface area contributed by atoms with Gasteiger partial charge in [-0.25, -0.2) is 4.79 Å². The SMILES string of the molecule is CCOC(=O)N1C=CC=CC1C(C)(C)C(=O)OC. The van der Waals surface area contributed by atoms with Gasteiger partial charge < -0.3 is 9.47 Å². The lowest BCUT2D eigenvalue weighted by molar-refractivity contribution is -0.152. The Hall–Kier alpha value is -1.78. The normalized spacial score (nSPS) is 18.7. The van der Waals surface area contributed by atoms with Crippen LogP contribution in [0.1, 0.15) is 20.8 Å². The standard InChI is InChI=1S/C13H19NO4/c1-5-18-12(16)14-9-7-6-8-10(14)13(2,3)11(15)17-4/h6-10H,5H2,1-4H3. The summed E-state index contributed by atoms with van der Waals surface area (Å²) < 4.78 is 9.75. The molecule has 18 heavy (non-hydrogen) atoms. The Morgan fingerprint density at radius 1 is 1.33 bits per heavy atom. The van der Waals surface area contributed by atoms with Crippen LogP contribution in [-0.2, 0) is 14.3 Å². The first-order valence-electron chi connectivity index (χ1n) is 5.83. The second-order valence-electron chi connectivity index (χ2n) is 4.49. The summed E-state index contributed by atoms with van der Waals surface area (Å²) in [5, 5.41) is 0. The molecule has 1 amide bonds. The molecule has 1 aliphatic heterocycles. The number of carbonyl (C=O) groups excluding carboxylic acids is 2. The Bertz CT molecular complexity index is 384. The zero-order valence-corrected chi connectivity index (χ0v) is 11.2. The lowest BCUT2D eigenvalue weighted by atomic mass is 9.82. The minimum Gasteiger partial charge on any atom is -0.469 e. The summed E-state index contributed by atoms with van der Waals surface area (Å²) in [4.78, 5) is 25.0. The van der Waals surface area contributed by atoms with Crippen molar-refractivity contribution in [2.75, 3.05) is 13.7 Å². The topological polar surface area (TPSA) is 55.8 Å². The highest BCUT2D eigenvalue weighted by Gasteiger charge is 2.42. The summed E-state index contributed by atoms with van der Waals surface area (Å²) in [5.41, 5.74) is -0.844. The van der Waals surface area contributed by atoms with Crippen molar-refractivity contribution in [1.29, 1.82) is 0 Å². The largest absolute Gasteiger partial charge is 0.469 e. The highest BCUT2D eigenvalue weighted by molar-refractivity contribution is 5.79. The summed E-state index contributed by atoms with van der Waals surface area (Å²) >= 11 is 0. The molecule has 1 atom stereocenters. The first-order valence-corrected chi connectivity index (χ1v) is 5.83. The zero-order valence-electron chi connectivity index (χ0n) is 11.2. The van der Waals surface area contributed by atoms with E-state index in [2.05, 4.69) is 0 Å². The lowest BCUT2D eigenvalue weighted by Crippen LogP contribution is -2.49. The number of ether oxygens (including phenoxy) is 2. The van der Waals surface area contributed by atoms with Crippen molar-refractivity contribution in [3.63, 3.8) is 0 Å². The Morgan fingerprint density at radius 2 is 2.00 bits per heavy atom. The number of esters is 1. The third kappa shape index (κ3) is 2.72. The van der Waals surface area contributed by atoms with Crippen LogP contribution in [-0.4, -0.2) is 36.7 Å². The minimum atomic E-state index is -0.844. The maximum atomic E-state index is 11.8. The Labute approximate surface area is 107 Å². The van der Waals surface area contributed by atoms with Gasteiger partial charge in [0.2, 0.25) is 0 Å². The van der Waals surface area contributed by atoms with Crippen molar-refractivity contribution in [3.8, 4) is 0 Å². The van der Waals surface area contributed by atoms with Crippen molar-refractivity contribution >= 4 is 12.1 Å². The van der Waals surface area contributed by atoms with E-state index in [1.54, 1.807) is 45.2 Å². The number of carbonyl (C=O) groups is 2. The van der Waals surface area contributed by atoms with Crippen molar-refractivity contribution in [2.24, 2.45) is 5.41 Å². The molecule has 0 N–H and O–H groups in total. The van der Waals surface area contributed by atoms with E-state index in [4.69, 9.17) is 9.47 Å². The molecule has 5 heteroatoms.